The van der Waals surface area contributed by atoms with Crippen molar-refractivity contribution in [2.45, 2.75) is 41.0 Å². The van der Waals surface area contributed by atoms with Crippen LogP contribution in [0, 0.1) is 0 Å². The van der Waals surface area contributed by atoms with Crippen LogP contribution in [0.4, 0.5) is 0 Å². The molecule has 0 fully saturated rings. The average Bonchev–Trinajstić information content (AvgIpc) is 1.91. The van der Waals surface area contributed by atoms with E-state index in [9.17, 15) is 0 Å². The summed E-state index contributed by atoms with van der Waals surface area (Å²) >= 11 is 5.08. The molecule has 0 saturated carbocycles. The van der Waals surface area contributed by atoms with Gasteiger partial charge in [-0.05, 0) is 20.3 Å². The first-order valence-corrected chi connectivity index (χ1v) is 4.33. The fourth-order valence-corrected chi connectivity index (χ4v) is 0. The van der Waals surface area contributed by atoms with Crippen LogP contribution in [0.15, 0.2) is 23.8 Å². The van der Waals surface area contributed by atoms with Gasteiger partial charge in [-0.1, -0.05) is 44.5 Å². The fourth-order valence-electron chi connectivity index (χ4n) is 0. The molecule has 0 heterocycles. The molecule has 0 aliphatic rings. The van der Waals surface area contributed by atoms with Gasteiger partial charge in [0, 0.05) is 5.03 Å². The average molecular weight is 177 g/mol. The summed E-state index contributed by atoms with van der Waals surface area (Å²) in [5.74, 6) is 0. The summed E-state index contributed by atoms with van der Waals surface area (Å²) < 4.78 is 0. The van der Waals surface area contributed by atoms with Crippen LogP contribution in [-0.2, 0) is 0 Å². The zero-order chi connectivity index (χ0) is 9.86. The van der Waals surface area contributed by atoms with Crippen LogP contribution < -0.4 is 0 Å². The Morgan fingerprint density at radius 2 is 1.27 bits per heavy atom. The molecule has 1 heteroatoms. The second-order valence-corrected chi connectivity index (χ2v) is 2.63. The van der Waals surface area contributed by atoms with Crippen LogP contribution >= 0.6 is 11.6 Å². The molecular formula is C10H21Cl. The van der Waals surface area contributed by atoms with E-state index in [-0.39, 0.29) is 0 Å². The van der Waals surface area contributed by atoms with Crippen LogP contribution in [-0.4, -0.2) is 0 Å². The minimum absolute atomic E-state index is 0.639. The van der Waals surface area contributed by atoms with Gasteiger partial charge >= 0.3 is 0 Å². The molecule has 68 valence electrons. The van der Waals surface area contributed by atoms with Gasteiger partial charge in [0.2, 0.25) is 0 Å². The molecule has 0 spiro atoms. The zero-order valence-corrected chi connectivity index (χ0v) is 9.26. The Balaban J connectivity index is -0.0000000965. The van der Waals surface area contributed by atoms with E-state index in [0.29, 0.717) is 5.03 Å². The third-order valence-corrected chi connectivity index (χ3v) is 0.604. The largest absolute Gasteiger partial charge is 0.100 e. The molecule has 0 aromatic heterocycles. The summed E-state index contributed by atoms with van der Waals surface area (Å²) in [7, 11) is 0. The number of halogens is 1. The Morgan fingerprint density at radius 3 is 1.27 bits per heavy atom. The van der Waals surface area contributed by atoms with E-state index in [1.165, 1.54) is 5.57 Å². The van der Waals surface area contributed by atoms with Crippen molar-refractivity contribution in [2.75, 3.05) is 0 Å². The lowest BCUT2D eigenvalue weighted by Gasteiger charge is -1.79. The van der Waals surface area contributed by atoms with Gasteiger partial charge in [-0.2, -0.15) is 0 Å². The van der Waals surface area contributed by atoms with Crippen LogP contribution in [0.2, 0.25) is 0 Å². The Kier molecular flexibility index (Phi) is 25.4. The second-order valence-electron chi connectivity index (χ2n) is 1.99. The van der Waals surface area contributed by atoms with Crippen LogP contribution in [0.3, 0.4) is 0 Å². The summed E-state index contributed by atoms with van der Waals surface area (Å²) in [4.78, 5) is 0. The first kappa shape index (κ1) is 17.0. The minimum atomic E-state index is 0.639. The summed E-state index contributed by atoms with van der Waals surface area (Å²) in [6.07, 6.45) is 1.11. The minimum Gasteiger partial charge on any atom is -0.100 e. The molecule has 11 heavy (non-hydrogen) atoms. The molecule has 0 aliphatic heterocycles. The van der Waals surface area contributed by atoms with E-state index in [4.69, 9.17) is 11.6 Å². The SMILES string of the molecule is C=C(C)CC.C=C(C)Cl.CC. The van der Waals surface area contributed by atoms with Gasteiger partial charge < -0.3 is 0 Å². The Morgan fingerprint density at radius 1 is 1.18 bits per heavy atom. The van der Waals surface area contributed by atoms with E-state index in [1.54, 1.807) is 6.92 Å². The lowest BCUT2D eigenvalue weighted by Crippen LogP contribution is -1.58. The highest BCUT2D eigenvalue weighted by molar-refractivity contribution is 6.28. The molecule has 0 N–H and O–H groups in total. The molecule has 0 amide bonds. The van der Waals surface area contributed by atoms with Gasteiger partial charge in [-0.25, -0.2) is 0 Å². The number of allylic oxidation sites excluding steroid dienone is 2. The molecule has 0 rings (SSSR count). The maximum Gasteiger partial charge on any atom is 0.00778 e. The van der Waals surface area contributed by atoms with E-state index in [2.05, 4.69) is 20.1 Å². The van der Waals surface area contributed by atoms with Crippen molar-refractivity contribution in [1.29, 1.82) is 0 Å². The Bertz CT molecular complexity index is 89.0. The molecule has 0 aromatic carbocycles. The van der Waals surface area contributed by atoms with Gasteiger partial charge in [0.1, 0.15) is 0 Å². The van der Waals surface area contributed by atoms with E-state index >= 15 is 0 Å². The standard InChI is InChI=1S/C5H10.C3H5Cl.C2H6/c1-4-5(2)3;1-3(2)4;1-2/h2,4H2,1,3H3;1H2,2H3;1-2H3. The van der Waals surface area contributed by atoms with Crippen molar-refractivity contribution in [2.24, 2.45) is 0 Å². The predicted molar refractivity (Wildman–Crippen MR) is 57.1 cm³/mol. The highest BCUT2D eigenvalue weighted by atomic mass is 35.5. The smallest absolute Gasteiger partial charge is 0.00778 e. The van der Waals surface area contributed by atoms with E-state index in [1.807, 2.05) is 20.8 Å². The van der Waals surface area contributed by atoms with Crippen molar-refractivity contribution < 1.29 is 0 Å². The van der Waals surface area contributed by atoms with Crippen molar-refractivity contribution in [1.82, 2.24) is 0 Å². The Labute approximate surface area is 77.0 Å². The monoisotopic (exact) mass is 176 g/mol. The lowest BCUT2D eigenvalue weighted by molar-refractivity contribution is 1.11. The van der Waals surface area contributed by atoms with Crippen LogP contribution in [0.25, 0.3) is 0 Å². The zero-order valence-electron chi connectivity index (χ0n) is 8.50. The first-order chi connectivity index (χ1) is 5.00. The third-order valence-electron chi connectivity index (χ3n) is 0.604. The van der Waals surface area contributed by atoms with Crippen molar-refractivity contribution in [3.05, 3.63) is 23.8 Å². The topological polar surface area (TPSA) is 0 Å². The van der Waals surface area contributed by atoms with Crippen LogP contribution in [0.5, 0.6) is 0 Å². The third kappa shape index (κ3) is 188. The van der Waals surface area contributed by atoms with E-state index < -0.39 is 0 Å². The van der Waals surface area contributed by atoms with Gasteiger partial charge in [-0.3, -0.25) is 0 Å². The van der Waals surface area contributed by atoms with Gasteiger partial charge in [0.25, 0.3) is 0 Å². The quantitative estimate of drug-likeness (QED) is 0.506. The molecule has 0 radical (unpaired) electrons. The van der Waals surface area contributed by atoms with Crippen molar-refractivity contribution in [3.63, 3.8) is 0 Å². The van der Waals surface area contributed by atoms with Crippen LogP contribution in [0.1, 0.15) is 41.0 Å². The number of hydrogen-bond acceptors (Lipinski definition) is 0. The Hall–Kier alpha value is -0.230. The maximum absolute atomic E-state index is 5.08. The summed E-state index contributed by atoms with van der Waals surface area (Å²) in [6, 6.07) is 0. The molecular weight excluding hydrogens is 156 g/mol. The molecule has 0 unspecified atom stereocenters. The normalized spacial score (nSPS) is 6.36. The molecule has 0 nitrogen and oxygen atoms in total. The highest BCUT2D eigenvalue weighted by Crippen LogP contribution is 1.88. The summed E-state index contributed by atoms with van der Waals surface area (Å²) in [6.45, 7) is 16.9. The highest BCUT2D eigenvalue weighted by Gasteiger charge is 1.67. The predicted octanol–water partition coefficient (Wildman–Crippen LogP) is 4.76. The summed E-state index contributed by atoms with van der Waals surface area (Å²) in [5.41, 5.74) is 1.25. The van der Waals surface area contributed by atoms with Gasteiger partial charge in [0.15, 0.2) is 0 Å². The molecule has 0 bridgehead atoms. The molecule has 0 atom stereocenters. The summed E-state index contributed by atoms with van der Waals surface area (Å²) in [5, 5.41) is 0.639. The van der Waals surface area contributed by atoms with Crippen molar-refractivity contribution >= 4 is 11.6 Å². The van der Waals surface area contributed by atoms with Crippen molar-refractivity contribution in [3.8, 4) is 0 Å². The lowest BCUT2D eigenvalue weighted by atomic mass is 10.3. The molecule has 0 aliphatic carbocycles. The first-order valence-electron chi connectivity index (χ1n) is 3.96. The second kappa shape index (κ2) is 16.4. The van der Waals surface area contributed by atoms with Gasteiger partial charge in [0.05, 0.1) is 0 Å². The number of rotatable bonds is 1. The molecule has 0 aromatic rings. The van der Waals surface area contributed by atoms with Gasteiger partial charge in [-0.15, -0.1) is 6.58 Å². The fraction of sp³-hybridized carbons (Fsp3) is 0.600. The maximum atomic E-state index is 5.08. The van der Waals surface area contributed by atoms with E-state index in [0.717, 1.165) is 6.42 Å². The molecule has 0 saturated heterocycles. The number of hydrogen-bond donors (Lipinski definition) is 0.